The van der Waals surface area contributed by atoms with E-state index in [-0.39, 0.29) is 10.8 Å². The molecule has 0 heterocycles. The van der Waals surface area contributed by atoms with Crippen LogP contribution in [0, 0.1) is 22.7 Å². The van der Waals surface area contributed by atoms with E-state index in [1.807, 2.05) is 41.5 Å². The van der Waals surface area contributed by atoms with Gasteiger partial charge in [-0.2, -0.15) is 0 Å². The van der Waals surface area contributed by atoms with Gasteiger partial charge in [-0.25, -0.2) is 0 Å². The molecule has 0 aromatic carbocycles. The van der Waals surface area contributed by atoms with Gasteiger partial charge in [-0.05, 0) is 27.7 Å². The predicted octanol–water partition coefficient (Wildman–Crippen LogP) is 2.83. The molecule has 0 radical (unpaired) electrons. The maximum absolute atomic E-state index is 10.0. The molecule has 0 fully saturated rings. The Balaban J connectivity index is 4.77. The van der Waals surface area contributed by atoms with E-state index in [1.54, 1.807) is 6.92 Å². The van der Waals surface area contributed by atoms with Crippen LogP contribution in [0.5, 0.6) is 0 Å². The Morgan fingerprint density at radius 1 is 0.769 bits per heavy atom. The molecule has 0 aliphatic heterocycles. The first kappa shape index (κ1) is 12.5. The SMILES string of the molecule is CC(C)(C)C#CC(C)(O)C(C)(C)C. The second-order valence-corrected chi connectivity index (χ2v) is 5.82. The van der Waals surface area contributed by atoms with Gasteiger partial charge in [0.25, 0.3) is 0 Å². The van der Waals surface area contributed by atoms with Crippen molar-refractivity contribution in [2.45, 2.75) is 54.1 Å². The standard InChI is InChI=1S/C12H22O/c1-10(2,3)8-9-12(7,13)11(4,5)6/h13H,1-7H3. The van der Waals surface area contributed by atoms with Crippen molar-refractivity contribution >= 4 is 0 Å². The number of aliphatic hydroxyl groups is 1. The van der Waals surface area contributed by atoms with Gasteiger partial charge >= 0.3 is 0 Å². The van der Waals surface area contributed by atoms with E-state index in [0.717, 1.165) is 0 Å². The minimum atomic E-state index is -0.916. The van der Waals surface area contributed by atoms with Crippen molar-refractivity contribution in [3.05, 3.63) is 0 Å². The molecule has 1 heteroatoms. The van der Waals surface area contributed by atoms with Crippen molar-refractivity contribution in [1.82, 2.24) is 0 Å². The number of hydrogen-bond acceptors (Lipinski definition) is 1. The highest BCUT2D eigenvalue weighted by Crippen LogP contribution is 2.29. The fourth-order valence-corrected chi connectivity index (χ4v) is 0.497. The fourth-order valence-electron chi connectivity index (χ4n) is 0.497. The minimum Gasteiger partial charge on any atom is -0.377 e. The molecule has 0 saturated heterocycles. The molecule has 0 saturated carbocycles. The van der Waals surface area contributed by atoms with Gasteiger partial charge in [0, 0.05) is 10.8 Å². The predicted molar refractivity (Wildman–Crippen MR) is 57.3 cm³/mol. The lowest BCUT2D eigenvalue weighted by atomic mass is 9.77. The van der Waals surface area contributed by atoms with Gasteiger partial charge in [0.15, 0.2) is 0 Å². The summed E-state index contributed by atoms with van der Waals surface area (Å²) < 4.78 is 0. The first-order chi connectivity index (χ1) is 5.46. The lowest BCUT2D eigenvalue weighted by molar-refractivity contribution is 0.0126. The summed E-state index contributed by atoms with van der Waals surface area (Å²) in [6, 6.07) is 0. The molecule has 1 atom stereocenters. The maximum atomic E-state index is 10.0. The summed E-state index contributed by atoms with van der Waals surface area (Å²) in [5.41, 5.74) is -1.17. The van der Waals surface area contributed by atoms with Crippen LogP contribution in [0.15, 0.2) is 0 Å². The Morgan fingerprint density at radius 2 is 1.15 bits per heavy atom. The second kappa shape index (κ2) is 3.35. The van der Waals surface area contributed by atoms with Crippen molar-refractivity contribution in [3.63, 3.8) is 0 Å². The highest BCUT2D eigenvalue weighted by Gasteiger charge is 2.33. The molecule has 0 rings (SSSR count). The van der Waals surface area contributed by atoms with Crippen molar-refractivity contribution < 1.29 is 5.11 Å². The van der Waals surface area contributed by atoms with Crippen LogP contribution >= 0.6 is 0 Å². The van der Waals surface area contributed by atoms with Crippen LogP contribution < -0.4 is 0 Å². The number of rotatable bonds is 0. The normalized spacial score (nSPS) is 17.2. The maximum Gasteiger partial charge on any atom is 0.127 e. The van der Waals surface area contributed by atoms with Crippen molar-refractivity contribution in [2.75, 3.05) is 0 Å². The Kier molecular flexibility index (Phi) is 3.22. The zero-order valence-electron chi connectivity index (χ0n) is 9.95. The lowest BCUT2D eigenvalue weighted by Gasteiger charge is -2.32. The Hall–Kier alpha value is -0.480. The molecule has 0 bridgehead atoms. The van der Waals surface area contributed by atoms with Gasteiger partial charge < -0.3 is 5.11 Å². The average Bonchev–Trinajstić information content (AvgIpc) is 1.79. The highest BCUT2D eigenvalue weighted by atomic mass is 16.3. The van der Waals surface area contributed by atoms with E-state index in [9.17, 15) is 5.11 Å². The topological polar surface area (TPSA) is 20.2 Å². The summed E-state index contributed by atoms with van der Waals surface area (Å²) in [5, 5.41) is 10.0. The molecule has 13 heavy (non-hydrogen) atoms. The third-order valence-corrected chi connectivity index (χ3v) is 2.14. The van der Waals surface area contributed by atoms with Gasteiger partial charge in [0.2, 0.25) is 0 Å². The summed E-state index contributed by atoms with van der Waals surface area (Å²) in [6.07, 6.45) is 0. The van der Waals surface area contributed by atoms with Crippen LogP contribution in [0.3, 0.4) is 0 Å². The number of hydrogen-bond donors (Lipinski definition) is 1. The monoisotopic (exact) mass is 182 g/mol. The highest BCUT2D eigenvalue weighted by molar-refractivity contribution is 5.19. The molecule has 1 unspecified atom stereocenters. The van der Waals surface area contributed by atoms with E-state index >= 15 is 0 Å². The summed E-state index contributed by atoms with van der Waals surface area (Å²) in [7, 11) is 0. The molecule has 1 N–H and O–H groups in total. The molecule has 0 aromatic rings. The first-order valence-corrected chi connectivity index (χ1v) is 4.72. The van der Waals surface area contributed by atoms with Crippen LogP contribution in [0.25, 0.3) is 0 Å². The Bertz CT molecular complexity index is 225. The smallest absolute Gasteiger partial charge is 0.127 e. The molecule has 0 spiro atoms. The van der Waals surface area contributed by atoms with Crippen LogP contribution in [-0.2, 0) is 0 Å². The molecule has 76 valence electrons. The third-order valence-electron chi connectivity index (χ3n) is 2.14. The van der Waals surface area contributed by atoms with E-state index in [0.29, 0.717) is 0 Å². The van der Waals surface area contributed by atoms with Crippen LogP contribution in [-0.4, -0.2) is 10.7 Å². The molecule has 0 amide bonds. The summed E-state index contributed by atoms with van der Waals surface area (Å²) in [4.78, 5) is 0. The van der Waals surface area contributed by atoms with Crippen LogP contribution in [0.2, 0.25) is 0 Å². The van der Waals surface area contributed by atoms with Gasteiger partial charge in [0.05, 0.1) is 0 Å². The molecule has 0 aliphatic rings. The van der Waals surface area contributed by atoms with E-state index in [4.69, 9.17) is 0 Å². The summed E-state index contributed by atoms with van der Waals surface area (Å²) in [6.45, 7) is 13.9. The quantitative estimate of drug-likeness (QED) is 0.571. The Morgan fingerprint density at radius 3 is 1.38 bits per heavy atom. The van der Waals surface area contributed by atoms with Crippen molar-refractivity contribution in [1.29, 1.82) is 0 Å². The zero-order chi connectivity index (χ0) is 10.9. The third kappa shape index (κ3) is 4.33. The van der Waals surface area contributed by atoms with Gasteiger partial charge in [-0.3, -0.25) is 0 Å². The van der Waals surface area contributed by atoms with E-state index in [2.05, 4.69) is 11.8 Å². The fraction of sp³-hybridized carbons (Fsp3) is 0.833. The minimum absolute atomic E-state index is 0.0464. The summed E-state index contributed by atoms with van der Waals surface area (Å²) in [5.74, 6) is 6.01. The first-order valence-electron chi connectivity index (χ1n) is 4.72. The Labute approximate surface area is 82.5 Å². The molecular weight excluding hydrogens is 160 g/mol. The van der Waals surface area contributed by atoms with Crippen molar-refractivity contribution in [2.24, 2.45) is 10.8 Å². The largest absolute Gasteiger partial charge is 0.377 e. The van der Waals surface area contributed by atoms with Gasteiger partial charge in [-0.15, -0.1) is 0 Å². The zero-order valence-corrected chi connectivity index (χ0v) is 9.95. The average molecular weight is 182 g/mol. The van der Waals surface area contributed by atoms with Crippen molar-refractivity contribution in [3.8, 4) is 11.8 Å². The van der Waals surface area contributed by atoms with E-state index in [1.165, 1.54) is 0 Å². The summed E-state index contributed by atoms with van der Waals surface area (Å²) >= 11 is 0. The van der Waals surface area contributed by atoms with Crippen LogP contribution in [0.4, 0.5) is 0 Å². The van der Waals surface area contributed by atoms with E-state index < -0.39 is 5.60 Å². The molecule has 0 aromatic heterocycles. The van der Waals surface area contributed by atoms with Gasteiger partial charge in [0.1, 0.15) is 5.60 Å². The molecule has 0 aliphatic carbocycles. The van der Waals surface area contributed by atoms with Crippen LogP contribution in [0.1, 0.15) is 48.5 Å². The second-order valence-electron chi connectivity index (χ2n) is 5.82. The molecule has 1 nitrogen and oxygen atoms in total. The molecular formula is C12H22O. The lowest BCUT2D eigenvalue weighted by Crippen LogP contribution is -2.38. The van der Waals surface area contributed by atoms with Gasteiger partial charge in [-0.1, -0.05) is 32.6 Å².